The Hall–Kier alpha value is -1.22. The molecule has 1 unspecified atom stereocenters. The zero-order chi connectivity index (χ0) is 19.6. The minimum absolute atomic E-state index is 0.0316. The maximum Gasteiger partial charge on any atom is 0.243 e. The van der Waals surface area contributed by atoms with E-state index in [1.165, 1.54) is 16.8 Å². The van der Waals surface area contributed by atoms with Crippen LogP contribution in [0.3, 0.4) is 0 Å². The van der Waals surface area contributed by atoms with Crippen molar-refractivity contribution in [2.75, 3.05) is 39.3 Å². The first kappa shape index (κ1) is 20.5. The summed E-state index contributed by atoms with van der Waals surface area (Å²) in [5.74, 6) is -0.608. The number of carbonyl (C=O) groups excluding carboxylic acids is 1. The third-order valence-corrected chi connectivity index (χ3v) is 7.58. The number of piperazine rings is 1. The first-order valence-corrected chi connectivity index (χ1v) is 11.1. The third kappa shape index (κ3) is 4.62. The van der Waals surface area contributed by atoms with E-state index in [9.17, 15) is 17.6 Å². The molecule has 1 amide bonds. The largest absolute Gasteiger partial charge is 0.339 e. The molecule has 6 nitrogen and oxygen atoms in total. The summed E-state index contributed by atoms with van der Waals surface area (Å²) >= 11 is 5.71. The number of amides is 1. The number of halogens is 2. The van der Waals surface area contributed by atoms with Gasteiger partial charge in [-0.3, -0.25) is 9.69 Å². The molecule has 2 heterocycles. The number of sulfonamides is 1. The van der Waals surface area contributed by atoms with Crippen molar-refractivity contribution in [3.05, 3.63) is 29.0 Å². The summed E-state index contributed by atoms with van der Waals surface area (Å²) in [7, 11) is -3.75. The van der Waals surface area contributed by atoms with Crippen LogP contribution < -0.4 is 0 Å². The predicted molar refractivity (Wildman–Crippen MR) is 102 cm³/mol. The summed E-state index contributed by atoms with van der Waals surface area (Å²) < 4.78 is 40.1. The van der Waals surface area contributed by atoms with Crippen LogP contribution in [-0.4, -0.2) is 73.7 Å². The first-order valence-electron chi connectivity index (χ1n) is 9.26. The minimum atomic E-state index is -3.75. The highest BCUT2D eigenvalue weighted by atomic mass is 35.5. The maximum absolute atomic E-state index is 13.3. The molecule has 0 saturated carbocycles. The van der Waals surface area contributed by atoms with Gasteiger partial charge in [0.2, 0.25) is 15.9 Å². The lowest BCUT2D eigenvalue weighted by Crippen LogP contribution is -2.53. The molecular weight excluding hydrogens is 393 g/mol. The number of nitrogens with zero attached hydrogens (tertiary/aromatic N) is 3. The van der Waals surface area contributed by atoms with Crippen LogP contribution in [0.4, 0.5) is 4.39 Å². The number of benzene rings is 1. The SMILES string of the molecule is CC1CCCCN1CC(=O)N1CCN(S(=O)(=O)c2ccc(F)c(Cl)c2)CC1. The fourth-order valence-electron chi connectivity index (χ4n) is 3.63. The zero-order valence-electron chi connectivity index (χ0n) is 15.4. The van der Waals surface area contributed by atoms with Crippen LogP contribution >= 0.6 is 11.6 Å². The molecule has 2 fully saturated rings. The number of carbonyl (C=O) groups is 1. The molecule has 0 aromatic heterocycles. The van der Waals surface area contributed by atoms with Crippen LogP contribution in [0.25, 0.3) is 0 Å². The minimum Gasteiger partial charge on any atom is -0.339 e. The highest BCUT2D eigenvalue weighted by Crippen LogP contribution is 2.23. The van der Waals surface area contributed by atoms with Crippen LogP contribution in [0.1, 0.15) is 26.2 Å². The highest BCUT2D eigenvalue weighted by Gasteiger charge is 2.31. The number of rotatable bonds is 4. The quantitative estimate of drug-likeness (QED) is 0.753. The molecular formula is C18H25ClFN3O3S. The van der Waals surface area contributed by atoms with Crippen LogP contribution in [0.2, 0.25) is 5.02 Å². The Morgan fingerprint density at radius 3 is 2.52 bits per heavy atom. The van der Waals surface area contributed by atoms with E-state index < -0.39 is 15.8 Å². The number of likely N-dealkylation sites (tertiary alicyclic amines) is 1. The Morgan fingerprint density at radius 2 is 1.89 bits per heavy atom. The fourth-order valence-corrected chi connectivity index (χ4v) is 5.32. The van der Waals surface area contributed by atoms with Crippen LogP contribution in [0, 0.1) is 5.82 Å². The van der Waals surface area contributed by atoms with E-state index in [-0.39, 0.29) is 28.9 Å². The monoisotopic (exact) mass is 417 g/mol. The van der Waals surface area contributed by atoms with Gasteiger partial charge >= 0.3 is 0 Å². The van der Waals surface area contributed by atoms with Gasteiger partial charge in [-0.1, -0.05) is 18.0 Å². The summed E-state index contributed by atoms with van der Waals surface area (Å²) in [5.41, 5.74) is 0. The lowest BCUT2D eigenvalue weighted by atomic mass is 10.0. The summed E-state index contributed by atoms with van der Waals surface area (Å²) in [6.07, 6.45) is 3.43. The van der Waals surface area contributed by atoms with Crippen LogP contribution in [-0.2, 0) is 14.8 Å². The van der Waals surface area contributed by atoms with Gasteiger partial charge in [-0.15, -0.1) is 0 Å². The molecule has 2 aliphatic rings. The molecule has 0 N–H and O–H groups in total. The van der Waals surface area contributed by atoms with Gasteiger partial charge in [0, 0.05) is 32.2 Å². The topological polar surface area (TPSA) is 60.9 Å². The van der Waals surface area contributed by atoms with Gasteiger partial charge in [0.15, 0.2) is 0 Å². The molecule has 3 rings (SSSR count). The normalized spacial score (nSPS) is 22.8. The second kappa shape index (κ2) is 8.43. The van der Waals surface area contributed by atoms with Crippen molar-refractivity contribution < 1.29 is 17.6 Å². The zero-order valence-corrected chi connectivity index (χ0v) is 17.0. The Labute approximate surface area is 164 Å². The van der Waals surface area contributed by atoms with Gasteiger partial charge in [0.05, 0.1) is 16.5 Å². The van der Waals surface area contributed by atoms with Crippen molar-refractivity contribution in [2.45, 2.75) is 37.1 Å². The molecule has 150 valence electrons. The van der Waals surface area contributed by atoms with Gasteiger partial charge in [-0.25, -0.2) is 12.8 Å². The number of hydrogen-bond acceptors (Lipinski definition) is 4. The van der Waals surface area contributed by atoms with E-state index in [1.807, 2.05) is 0 Å². The average Bonchev–Trinajstić information content (AvgIpc) is 2.65. The lowest BCUT2D eigenvalue weighted by Gasteiger charge is -2.37. The fraction of sp³-hybridized carbons (Fsp3) is 0.611. The van der Waals surface area contributed by atoms with Gasteiger partial charge < -0.3 is 4.90 Å². The van der Waals surface area contributed by atoms with Gasteiger partial charge in [0.25, 0.3) is 0 Å². The van der Waals surface area contributed by atoms with Crippen molar-refractivity contribution in [3.63, 3.8) is 0 Å². The highest BCUT2D eigenvalue weighted by molar-refractivity contribution is 7.89. The summed E-state index contributed by atoms with van der Waals surface area (Å²) in [6.45, 7) is 4.63. The third-order valence-electron chi connectivity index (χ3n) is 5.40. The van der Waals surface area contributed by atoms with Gasteiger partial charge in [-0.05, 0) is 44.5 Å². The first-order chi connectivity index (χ1) is 12.8. The molecule has 0 aliphatic carbocycles. The summed E-state index contributed by atoms with van der Waals surface area (Å²) in [6, 6.07) is 3.80. The molecule has 0 spiro atoms. The Bertz CT molecular complexity index is 797. The van der Waals surface area contributed by atoms with Crippen molar-refractivity contribution in [2.24, 2.45) is 0 Å². The Kier molecular flexibility index (Phi) is 6.40. The maximum atomic E-state index is 13.3. The smallest absolute Gasteiger partial charge is 0.243 e. The lowest BCUT2D eigenvalue weighted by molar-refractivity contribution is -0.134. The Balaban J connectivity index is 1.59. The van der Waals surface area contributed by atoms with E-state index in [4.69, 9.17) is 11.6 Å². The van der Waals surface area contributed by atoms with Crippen molar-refractivity contribution >= 4 is 27.5 Å². The number of hydrogen-bond donors (Lipinski definition) is 0. The second-order valence-corrected chi connectivity index (χ2v) is 9.52. The molecule has 27 heavy (non-hydrogen) atoms. The molecule has 2 saturated heterocycles. The molecule has 1 atom stereocenters. The van der Waals surface area contributed by atoms with Gasteiger partial charge in [-0.2, -0.15) is 4.31 Å². The molecule has 1 aromatic rings. The van der Waals surface area contributed by atoms with Gasteiger partial charge in [0.1, 0.15) is 5.82 Å². The summed E-state index contributed by atoms with van der Waals surface area (Å²) in [4.78, 5) is 16.5. The summed E-state index contributed by atoms with van der Waals surface area (Å²) in [5, 5.41) is -0.222. The Morgan fingerprint density at radius 1 is 1.19 bits per heavy atom. The molecule has 1 aromatic carbocycles. The molecule has 0 radical (unpaired) electrons. The average molecular weight is 418 g/mol. The van der Waals surface area contributed by atoms with Crippen molar-refractivity contribution in [1.82, 2.24) is 14.1 Å². The van der Waals surface area contributed by atoms with Crippen molar-refractivity contribution in [3.8, 4) is 0 Å². The molecule has 0 bridgehead atoms. The van der Waals surface area contributed by atoms with E-state index >= 15 is 0 Å². The predicted octanol–water partition coefficient (Wildman–Crippen LogP) is 2.19. The van der Waals surface area contributed by atoms with Crippen molar-refractivity contribution in [1.29, 1.82) is 0 Å². The van der Waals surface area contributed by atoms with E-state index in [1.54, 1.807) is 4.90 Å². The van der Waals surface area contributed by atoms with E-state index in [2.05, 4.69) is 11.8 Å². The van der Waals surface area contributed by atoms with Crippen LogP contribution in [0.5, 0.6) is 0 Å². The van der Waals surface area contributed by atoms with Crippen LogP contribution in [0.15, 0.2) is 23.1 Å². The van der Waals surface area contributed by atoms with E-state index in [0.717, 1.165) is 31.5 Å². The molecule has 2 aliphatic heterocycles. The standard InChI is InChI=1S/C18H25ClFN3O3S/c1-14-4-2-3-7-22(14)13-18(24)21-8-10-23(11-9-21)27(25,26)15-5-6-17(20)16(19)12-15/h5-6,12,14H,2-4,7-11,13H2,1H3. The number of piperidine rings is 1. The second-order valence-electron chi connectivity index (χ2n) is 7.18. The van der Waals surface area contributed by atoms with E-state index in [0.29, 0.717) is 25.7 Å². The molecule has 9 heteroatoms.